The molecule has 0 aliphatic heterocycles. The molecule has 1 saturated carbocycles. The zero-order valence-corrected chi connectivity index (χ0v) is 8.80. The van der Waals surface area contributed by atoms with E-state index in [4.69, 9.17) is 10.00 Å². The van der Waals surface area contributed by atoms with Crippen LogP contribution in [0.3, 0.4) is 0 Å². The van der Waals surface area contributed by atoms with E-state index in [0.717, 1.165) is 26.1 Å². The van der Waals surface area contributed by atoms with Crippen molar-refractivity contribution in [1.29, 1.82) is 5.26 Å². The standard InChI is InChI=1S/C11H20N2O/c12-7-3-4-8-13-9-10-14-11-5-1-2-6-11/h11,13H,1-6,8-10H2. The van der Waals surface area contributed by atoms with Gasteiger partial charge in [0.2, 0.25) is 0 Å². The lowest BCUT2D eigenvalue weighted by Gasteiger charge is -2.10. The Hall–Kier alpha value is -0.590. The highest BCUT2D eigenvalue weighted by atomic mass is 16.5. The van der Waals surface area contributed by atoms with Gasteiger partial charge in [0.1, 0.15) is 0 Å². The molecular formula is C11H20N2O. The molecule has 0 saturated heterocycles. The zero-order valence-electron chi connectivity index (χ0n) is 8.80. The number of nitrogens with one attached hydrogen (secondary N) is 1. The summed E-state index contributed by atoms with van der Waals surface area (Å²) in [4.78, 5) is 0. The first-order valence-electron chi connectivity index (χ1n) is 5.63. The predicted octanol–water partition coefficient (Wildman–Crippen LogP) is 1.84. The first kappa shape index (κ1) is 11.5. The third-order valence-corrected chi connectivity index (χ3v) is 2.58. The second-order valence-electron chi connectivity index (χ2n) is 3.79. The molecule has 0 aromatic carbocycles. The molecule has 0 amide bonds. The van der Waals surface area contributed by atoms with Crippen LogP contribution >= 0.6 is 0 Å². The number of rotatable bonds is 7. The van der Waals surface area contributed by atoms with E-state index in [1.165, 1.54) is 25.7 Å². The maximum Gasteiger partial charge on any atom is 0.0622 e. The van der Waals surface area contributed by atoms with Gasteiger partial charge in [-0.25, -0.2) is 0 Å². The van der Waals surface area contributed by atoms with Crippen LogP contribution in [0.25, 0.3) is 0 Å². The molecule has 1 aliphatic carbocycles. The van der Waals surface area contributed by atoms with Crippen molar-refractivity contribution in [2.45, 2.75) is 44.6 Å². The Morgan fingerprint density at radius 1 is 1.29 bits per heavy atom. The number of ether oxygens (including phenoxy) is 1. The second-order valence-corrected chi connectivity index (χ2v) is 3.79. The van der Waals surface area contributed by atoms with E-state index in [1.54, 1.807) is 0 Å². The highest BCUT2D eigenvalue weighted by Crippen LogP contribution is 2.20. The van der Waals surface area contributed by atoms with E-state index in [0.29, 0.717) is 12.5 Å². The Kier molecular flexibility index (Phi) is 6.38. The molecule has 1 aliphatic rings. The van der Waals surface area contributed by atoms with Crippen LogP contribution in [-0.2, 0) is 4.74 Å². The summed E-state index contributed by atoms with van der Waals surface area (Å²) in [6, 6.07) is 2.13. The van der Waals surface area contributed by atoms with Crippen LogP contribution in [-0.4, -0.2) is 25.8 Å². The van der Waals surface area contributed by atoms with Gasteiger partial charge in [-0.05, 0) is 25.8 Å². The normalized spacial score (nSPS) is 17.1. The van der Waals surface area contributed by atoms with E-state index in [9.17, 15) is 0 Å². The monoisotopic (exact) mass is 196 g/mol. The lowest BCUT2D eigenvalue weighted by molar-refractivity contribution is 0.0604. The fourth-order valence-corrected chi connectivity index (χ4v) is 1.77. The molecule has 0 bridgehead atoms. The fourth-order valence-electron chi connectivity index (χ4n) is 1.77. The van der Waals surface area contributed by atoms with Crippen LogP contribution in [0.2, 0.25) is 0 Å². The van der Waals surface area contributed by atoms with Crippen molar-refractivity contribution in [3.63, 3.8) is 0 Å². The average Bonchev–Trinajstić information content (AvgIpc) is 2.69. The van der Waals surface area contributed by atoms with Crippen molar-refractivity contribution in [3.05, 3.63) is 0 Å². The largest absolute Gasteiger partial charge is 0.377 e. The summed E-state index contributed by atoms with van der Waals surface area (Å²) >= 11 is 0. The minimum Gasteiger partial charge on any atom is -0.377 e. The Labute approximate surface area is 86.4 Å². The molecule has 0 aromatic rings. The topological polar surface area (TPSA) is 45.0 Å². The van der Waals surface area contributed by atoms with Gasteiger partial charge >= 0.3 is 0 Å². The molecule has 0 spiro atoms. The summed E-state index contributed by atoms with van der Waals surface area (Å²) in [6.45, 7) is 2.67. The molecule has 0 radical (unpaired) electrons. The minimum atomic E-state index is 0.524. The molecule has 80 valence electrons. The van der Waals surface area contributed by atoms with Crippen LogP contribution in [0.1, 0.15) is 38.5 Å². The average molecular weight is 196 g/mol. The second kappa shape index (κ2) is 7.78. The molecule has 0 atom stereocenters. The summed E-state index contributed by atoms with van der Waals surface area (Å²) in [6.07, 6.45) is 7.27. The molecule has 1 fully saturated rings. The molecule has 3 heteroatoms. The molecule has 1 N–H and O–H groups in total. The van der Waals surface area contributed by atoms with Crippen molar-refractivity contribution >= 4 is 0 Å². The van der Waals surface area contributed by atoms with Gasteiger partial charge in [0, 0.05) is 13.0 Å². The number of unbranched alkanes of at least 4 members (excludes halogenated alkanes) is 1. The zero-order chi connectivity index (χ0) is 10.1. The van der Waals surface area contributed by atoms with E-state index in [2.05, 4.69) is 11.4 Å². The van der Waals surface area contributed by atoms with Gasteiger partial charge in [0.15, 0.2) is 0 Å². The van der Waals surface area contributed by atoms with Crippen LogP contribution in [0.15, 0.2) is 0 Å². The van der Waals surface area contributed by atoms with Crippen molar-refractivity contribution < 1.29 is 4.74 Å². The van der Waals surface area contributed by atoms with Gasteiger partial charge < -0.3 is 10.1 Å². The first-order valence-corrected chi connectivity index (χ1v) is 5.63. The number of nitriles is 1. The highest BCUT2D eigenvalue weighted by Gasteiger charge is 2.14. The molecule has 14 heavy (non-hydrogen) atoms. The minimum absolute atomic E-state index is 0.524. The molecular weight excluding hydrogens is 176 g/mol. The van der Waals surface area contributed by atoms with Crippen molar-refractivity contribution in [2.75, 3.05) is 19.7 Å². The van der Waals surface area contributed by atoms with Gasteiger partial charge in [-0.1, -0.05) is 12.8 Å². The summed E-state index contributed by atoms with van der Waals surface area (Å²) in [5.74, 6) is 0. The Morgan fingerprint density at radius 2 is 2.07 bits per heavy atom. The summed E-state index contributed by atoms with van der Waals surface area (Å²) < 4.78 is 5.68. The van der Waals surface area contributed by atoms with Crippen molar-refractivity contribution in [1.82, 2.24) is 5.32 Å². The Morgan fingerprint density at radius 3 is 2.79 bits per heavy atom. The Bertz CT molecular complexity index is 171. The van der Waals surface area contributed by atoms with E-state index < -0.39 is 0 Å². The molecule has 0 heterocycles. The number of hydrogen-bond donors (Lipinski definition) is 1. The summed E-state index contributed by atoms with van der Waals surface area (Å²) in [5, 5.41) is 11.6. The maximum atomic E-state index is 8.31. The number of nitrogens with zero attached hydrogens (tertiary/aromatic N) is 1. The van der Waals surface area contributed by atoms with Crippen LogP contribution in [0.5, 0.6) is 0 Å². The SMILES string of the molecule is N#CCCCNCCOC1CCCC1. The fraction of sp³-hybridized carbons (Fsp3) is 0.909. The number of hydrogen-bond acceptors (Lipinski definition) is 3. The van der Waals surface area contributed by atoms with E-state index >= 15 is 0 Å². The third kappa shape index (κ3) is 5.21. The third-order valence-electron chi connectivity index (χ3n) is 2.58. The smallest absolute Gasteiger partial charge is 0.0622 e. The van der Waals surface area contributed by atoms with E-state index in [-0.39, 0.29) is 0 Å². The first-order chi connectivity index (χ1) is 6.93. The quantitative estimate of drug-likeness (QED) is 0.632. The lowest BCUT2D eigenvalue weighted by Crippen LogP contribution is -2.23. The van der Waals surface area contributed by atoms with Crippen LogP contribution < -0.4 is 5.32 Å². The van der Waals surface area contributed by atoms with Gasteiger partial charge in [-0.2, -0.15) is 5.26 Å². The van der Waals surface area contributed by atoms with Gasteiger partial charge in [-0.15, -0.1) is 0 Å². The molecule has 0 aromatic heterocycles. The highest BCUT2D eigenvalue weighted by molar-refractivity contribution is 4.69. The molecule has 1 rings (SSSR count). The predicted molar refractivity (Wildman–Crippen MR) is 55.9 cm³/mol. The van der Waals surface area contributed by atoms with Gasteiger partial charge in [0.25, 0.3) is 0 Å². The summed E-state index contributed by atoms with van der Waals surface area (Å²) in [5.41, 5.74) is 0. The maximum absolute atomic E-state index is 8.31. The van der Waals surface area contributed by atoms with Gasteiger partial charge in [-0.3, -0.25) is 0 Å². The van der Waals surface area contributed by atoms with Crippen molar-refractivity contribution in [2.24, 2.45) is 0 Å². The molecule has 0 unspecified atom stereocenters. The Balaban J connectivity index is 1.78. The molecule has 3 nitrogen and oxygen atoms in total. The van der Waals surface area contributed by atoms with E-state index in [1.807, 2.05) is 0 Å². The van der Waals surface area contributed by atoms with Crippen molar-refractivity contribution in [3.8, 4) is 6.07 Å². The van der Waals surface area contributed by atoms with Crippen LogP contribution in [0.4, 0.5) is 0 Å². The van der Waals surface area contributed by atoms with Crippen LogP contribution in [0, 0.1) is 11.3 Å². The lowest BCUT2D eigenvalue weighted by atomic mass is 10.3. The van der Waals surface area contributed by atoms with Gasteiger partial charge in [0.05, 0.1) is 18.8 Å². The summed E-state index contributed by atoms with van der Waals surface area (Å²) in [7, 11) is 0.